The van der Waals surface area contributed by atoms with E-state index in [0.717, 1.165) is 35.9 Å². The Morgan fingerprint density at radius 2 is 1.80 bits per heavy atom. The average Bonchev–Trinajstić information content (AvgIpc) is 2.44. The molecule has 0 aliphatic carbocycles. The number of rotatable bonds is 5. The molecule has 0 saturated carbocycles. The van der Waals surface area contributed by atoms with Gasteiger partial charge in [0, 0.05) is 23.9 Å². The number of aromatic nitrogens is 2. The second kappa shape index (κ2) is 6.51. The van der Waals surface area contributed by atoms with Crippen LogP contribution < -0.4 is 5.32 Å². The Labute approximate surface area is 121 Å². The Morgan fingerprint density at radius 3 is 2.40 bits per heavy atom. The smallest absolute Gasteiger partial charge is 0.161 e. The monoisotopic (exact) mass is 269 g/mol. The summed E-state index contributed by atoms with van der Waals surface area (Å²) in [5, 5.41) is 3.32. The zero-order valence-electron chi connectivity index (χ0n) is 12.8. The van der Waals surface area contributed by atoms with Crippen molar-refractivity contribution in [3.63, 3.8) is 0 Å². The van der Waals surface area contributed by atoms with Gasteiger partial charge >= 0.3 is 0 Å². The summed E-state index contributed by atoms with van der Waals surface area (Å²) in [6.45, 7) is 9.48. The molecule has 3 heteroatoms. The van der Waals surface area contributed by atoms with Crippen molar-refractivity contribution in [3.8, 4) is 11.4 Å². The van der Waals surface area contributed by atoms with Crippen LogP contribution in [0.5, 0.6) is 0 Å². The van der Waals surface area contributed by atoms with Gasteiger partial charge in [-0.15, -0.1) is 0 Å². The predicted octanol–water partition coefficient (Wildman–Crippen LogP) is 4.40. The SMILES string of the molecule is CCCNc1cc(C)nc(-c2ccc(C(C)C)cc2)n1. The molecule has 2 aromatic rings. The van der Waals surface area contributed by atoms with Gasteiger partial charge in [0.25, 0.3) is 0 Å². The minimum Gasteiger partial charge on any atom is -0.370 e. The van der Waals surface area contributed by atoms with Crippen LogP contribution in [0.2, 0.25) is 0 Å². The second-order valence-electron chi connectivity index (χ2n) is 5.42. The molecule has 3 nitrogen and oxygen atoms in total. The number of nitrogens with one attached hydrogen (secondary N) is 1. The summed E-state index contributed by atoms with van der Waals surface area (Å²) in [5.74, 6) is 2.24. The molecule has 0 fully saturated rings. The van der Waals surface area contributed by atoms with Gasteiger partial charge in [0.1, 0.15) is 5.82 Å². The van der Waals surface area contributed by atoms with Crippen LogP contribution in [0.15, 0.2) is 30.3 Å². The number of benzene rings is 1. The van der Waals surface area contributed by atoms with Crippen LogP contribution in [-0.4, -0.2) is 16.5 Å². The highest BCUT2D eigenvalue weighted by Crippen LogP contribution is 2.21. The second-order valence-corrected chi connectivity index (χ2v) is 5.42. The molecular formula is C17H23N3. The number of nitrogens with zero attached hydrogens (tertiary/aromatic N) is 2. The molecule has 1 N–H and O–H groups in total. The molecule has 0 aliphatic heterocycles. The van der Waals surface area contributed by atoms with Crippen LogP contribution in [0.1, 0.15) is 44.4 Å². The van der Waals surface area contributed by atoms with E-state index in [2.05, 4.69) is 60.3 Å². The summed E-state index contributed by atoms with van der Waals surface area (Å²) in [6.07, 6.45) is 1.08. The van der Waals surface area contributed by atoms with Gasteiger partial charge in [-0.2, -0.15) is 0 Å². The van der Waals surface area contributed by atoms with Crippen LogP contribution in [-0.2, 0) is 0 Å². The Morgan fingerprint density at radius 1 is 1.10 bits per heavy atom. The van der Waals surface area contributed by atoms with Crippen molar-refractivity contribution in [3.05, 3.63) is 41.6 Å². The molecule has 1 heterocycles. The third-order valence-corrected chi connectivity index (χ3v) is 3.25. The van der Waals surface area contributed by atoms with Gasteiger partial charge < -0.3 is 5.32 Å². The molecule has 1 aromatic carbocycles. The molecular weight excluding hydrogens is 246 g/mol. The van der Waals surface area contributed by atoms with E-state index in [1.165, 1.54) is 5.56 Å². The quantitative estimate of drug-likeness (QED) is 0.874. The predicted molar refractivity (Wildman–Crippen MR) is 85.1 cm³/mol. The lowest BCUT2D eigenvalue weighted by atomic mass is 10.0. The van der Waals surface area contributed by atoms with Crippen LogP contribution in [0.3, 0.4) is 0 Å². The van der Waals surface area contributed by atoms with Crippen molar-refractivity contribution < 1.29 is 0 Å². The van der Waals surface area contributed by atoms with Crippen molar-refractivity contribution in [2.75, 3.05) is 11.9 Å². The van der Waals surface area contributed by atoms with E-state index in [-0.39, 0.29) is 0 Å². The van der Waals surface area contributed by atoms with Crippen LogP contribution in [0.25, 0.3) is 11.4 Å². The molecule has 20 heavy (non-hydrogen) atoms. The van der Waals surface area contributed by atoms with E-state index in [1.54, 1.807) is 0 Å². The third kappa shape index (κ3) is 3.56. The lowest BCUT2D eigenvalue weighted by Crippen LogP contribution is -2.04. The van der Waals surface area contributed by atoms with Crippen molar-refractivity contribution in [1.29, 1.82) is 0 Å². The van der Waals surface area contributed by atoms with Crippen molar-refractivity contribution in [1.82, 2.24) is 9.97 Å². The fraction of sp³-hybridized carbons (Fsp3) is 0.412. The summed E-state index contributed by atoms with van der Waals surface area (Å²) in [6, 6.07) is 10.5. The van der Waals surface area contributed by atoms with E-state index >= 15 is 0 Å². The Hall–Kier alpha value is -1.90. The first-order chi connectivity index (χ1) is 9.60. The van der Waals surface area contributed by atoms with Gasteiger partial charge in [0.05, 0.1) is 0 Å². The Balaban J connectivity index is 2.29. The van der Waals surface area contributed by atoms with Gasteiger partial charge in [-0.1, -0.05) is 45.0 Å². The summed E-state index contributed by atoms with van der Waals surface area (Å²) >= 11 is 0. The first kappa shape index (κ1) is 14.5. The van der Waals surface area contributed by atoms with Crippen LogP contribution in [0, 0.1) is 6.92 Å². The molecule has 0 aliphatic rings. The topological polar surface area (TPSA) is 37.8 Å². The van der Waals surface area contributed by atoms with E-state index in [4.69, 9.17) is 0 Å². The zero-order chi connectivity index (χ0) is 14.5. The molecule has 0 amide bonds. The number of hydrogen-bond donors (Lipinski definition) is 1. The highest BCUT2D eigenvalue weighted by Gasteiger charge is 2.06. The highest BCUT2D eigenvalue weighted by atomic mass is 15.0. The summed E-state index contributed by atoms with van der Waals surface area (Å²) in [5.41, 5.74) is 3.39. The standard InChI is InChI=1S/C17H23N3/c1-5-10-18-16-11-13(4)19-17(20-16)15-8-6-14(7-9-15)12(2)3/h6-9,11-12H,5,10H2,1-4H3,(H,18,19,20). The zero-order valence-corrected chi connectivity index (χ0v) is 12.8. The number of hydrogen-bond acceptors (Lipinski definition) is 3. The maximum absolute atomic E-state index is 4.59. The third-order valence-electron chi connectivity index (χ3n) is 3.25. The summed E-state index contributed by atoms with van der Waals surface area (Å²) in [4.78, 5) is 9.13. The normalized spacial score (nSPS) is 10.8. The minimum atomic E-state index is 0.546. The van der Waals surface area contributed by atoms with Crippen molar-refractivity contribution in [2.24, 2.45) is 0 Å². The van der Waals surface area contributed by atoms with E-state index in [0.29, 0.717) is 5.92 Å². The van der Waals surface area contributed by atoms with Crippen molar-refractivity contribution in [2.45, 2.75) is 40.0 Å². The summed E-state index contributed by atoms with van der Waals surface area (Å²) < 4.78 is 0. The van der Waals surface area contributed by atoms with E-state index in [1.807, 2.05) is 13.0 Å². The first-order valence-electron chi connectivity index (χ1n) is 7.30. The maximum atomic E-state index is 4.59. The molecule has 0 unspecified atom stereocenters. The highest BCUT2D eigenvalue weighted by molar-refractivity contribution is 5.58. The van der Waals surface area contributed by atoms with E-state index in [9.17, 15) is 0 Å². The fourth-order valence-electron chi connectivity index (χ4n) is 2.06. The van der Waals surface area contributed by atoms with Crippen LogP contribution >= 0.6 is 0 Å². The first-order valence-corrected chi connectivity index (χ1v) is 7.30. The number of aryl methyl sites for hydroxylation is 1. The molecule has 2 rings (SSSR count). The molecule has 106 valence electrons. The Kier molecular flexibility index (Phi) is 4.72. The van der Waals surface area contributed by atoms with E-state index < -0.39 is 0 Å². The molecule has 0 atom stereocenters. The van der Waals surface area contributed by atoms with Gasteiger partial charge in [0.15, 0.2) is 5.82 Å². The maximum Gasteiger partial charge on any atom is 0.161 e. The van der Waals surface area contributed by atoms with Crippen LogP contribution in [0.4, 0.5) is 5.82 Å². The molecule has 0 bridgehead atoms. The molecule has 1 aromatic heterocycles. The van der Waals surface area contributed by atoms with Gasteiger partial charge in [-0.25, -0.2) is 9.97 Å². The molecule has 0 radical (unpaired) electrons. The lowest BCUT2D eigenvalue weighted by molar-refractivity contribution is 0.867. The van der Waals surface area contributed by atoms with Gasteiger partial charge in [-0.05, 0) is 24.8 Å². The molecule has 0 spiro atoms. The number of anilines is 1. The largest absolute Gasteiger partial charge is 0.370 e. The minimum absolute atomic E-state index is 0.546. The Bertz CT molecular complexity index is 559. The summed E-state index contributed by atoms with van der Waals surface area (Å²) in [7, 11) is 0. The van der Waals surface area contributed by atoms with Gasteiger partial charge in [0.2, 0.25) is 0 Å². The lowest BCUT2D eigenvalue weighted by Gasteiger charge is -2.09. The molecule has 0 saturated heterocycles. The van der Waals surface area contributed by atoms with Crippen molar-refractivity contribution >= 4 is 5.82 Å². The average molecular weight is 269 g/mol. The fourth-order valence-corrected chi connectivity index (χ4v) is 2.06. The van der Waals surface area contributed by atoms with Gasteiger partial charge in [-0.3, -0.25) is 0 Å².